The lowest BCUT2D eigenvalue weighted by Gasteiger charge is -2.37. The second-order valence-corrected chi connectivity index (χ2v) is 7.18. The van der Waals surface area contributed by atoms with E-state index in [1.54, 1.807) is 0 Å². The summed E-state index contributed by atoms with van der Waals surface area (Å²) < 4.78 is 0. The molecule has 26 heavy (non-hydrogen) atoms. The molecule has 2 heterocycles. The monoisotopic (exact) mass is 376 g/mol. The molecule has 0 saturated carbocycles. The molecule has 1 saturated heterocycles. The first-order chi connectivity index (χ1) is 12.6. The Morgan fingerprint density at radius 2 is 2.19 bits per heavy atom. The number of likely N-dealkylation sites (tertiary alicyclic amines) is 1. The Bertz CT molecular complexity index is 741. The molecule has 2 aromatic rings. The molecule has 1 aromatic carbocycles. The number of aromatic nitrogens is 2. The molecule has 2 N–H and O–H groups in total. The third-order valence-corrected chi connectivity index (χ3v) is 5.28. The molecule has 1 aliphatic heterocycles. The van der Waals surface area contributed by atoms with E-state index in [9.17, 15) is 4.79 Å². The number of aliphatic carboxylic acids is 1. The fourth-order valence-corrected chi connectivity index (χ4v) is 3.87. The van der Waals surface area contributed by atoms with Crippen molar-refractivity contribution in [3.63, 3.8) is 0 Å². The zero-order valence-electron chi connectivity index (χ0n) is 15.0. The Balaban J connectivity index is 1.61. The van der Waals surface area contributed by atoms with Crippen LogP contribution in [0.25, 0.3) is 11.3 Å². The molecule has 0 atom stereocenters. The van der Waals surface area contributed by atoms with E-state index in [0.717, 1.165) is 55.8 Å². The lowest BCUT2D eigenvalue weighted by atomic mass is 10.0. The topological polar surface area (TPSA) is 72.5 Å². The van der Waals surface area contributed by atoms with Crippen LogP contribution in [0.2, 0.25) is 5.02 Å². The van der Waals surface area contributed by atoms with E-state index in [-0.39, 0.29) is 6.54 Å². The second-order valence-electron chi connectivity index (χ2n) is 6.74. The minimum Gasteiger partial charge on any atom is -0.480 e. The summed E-state index contributed by atoms with van der Waals surface area (Å²) in [7, 11) is 0. The molecule has 0 bridgehead atoms. The van der Waals surface area contributed by atoms with Gasteiger partial charge in [-0.05, 0) is 44.6 Å². The first-order valence-electron chi connectivity index (χ1n) is 9.03. The molecule has 0 aliphatic carbocycles. The van der Waals surface area contributed by atoms with E-state index in [4.69, 9.17) is 16.7 Å². The highest BCUT2D eigenvalue weighted by atomic mass is 35.5. The molecule has 1 aromatic heterocycles. The number of nitrogens with zero attached hydrogens (tertiary/aromatic N) is 3. The summed E-state index contributed by atoms with van der Waals surface area (Å²) in [6, 6.07) is 8.12. The van der Waals surface area contributed by atoms with Gasteiger partial charge in [-0.15, -0.1) is 0 Å². The lowest BCUT2D eigenvalue weighted by molar-refractivity contribution is -0.139. The van der Waals surface area contributed by atoms with Crippen molar-refractivity contribution in [3.05, 3.63) is 41.0 Å². The van der Waals surface area contributed by atoms with Gasteiger partial charge in [-0.2, -0.15) is 5.10 Å². The van der Waals surface area contributed by atoms with Crippen molar-refractivity contribution in [1.82, 2.24) is 20.0 Å². The van der Waals surface area contributed by atoms with E-state index in [2.05, 4.69) is 20.0 Å². The molecule has 1 aliphatic rings. The Morgan fingerprint density at radius 1 is 1.42 bits per heavy atom. The predicted molar refractivity (Wildman–Crippen MR) is 102 cm³/mol. The minimum atomic E-state index is -0.751. The normalized spacial score (nSPS) is 16.3. The van der Waals surface area contributed by atoms with Crippen LogP contribution in [0.15, 0.2) is 30.5 Å². The summed E-state index contributed by atoms with van der Waals surface area (Å²) in [5, 5.41) is 17.1. The van der Waals surface area contributed by atoms with Crippen LogP contribution >= 0.6 is 11.6 Å². The number of nitrogens with one attached hydrogen (secondary N) is 1. The van der Waals surface area contributed by atoms with Crippen LogP contribution in [0.4, 0.5) is 0 Å². The highest BCUT2D eigenvalue weighted by molar-refractivity contribution is 6.30. The van der Waals surface area contributed by atoms with E-state index in [1.807, 2.05) is 37.4 Å². The molecule has 140 valence electrons. The number of piperidine rings is 1. The van der Waals surface area contributed by atoms with Gasteiger partial charge in [0.05, 0.1) is 18.4 Å². The van der Waals surface area contributed by atoms with Gasteiger partial charge in [0.25, 0.3) is 0 Å². The number of hydrogen-bond acceptors (Lipinski definition) is 4. The molecule has 0 amide bonds. The average Bonchev–Trinajstić information content (AvgIpc) is 3.08. The Labute approximate surface area is 158 Å². The maximum Gasteiger partial charge on any atom is 0.317 e. The second kappa shape index (κ2) is 8.66. The molecule has 3 rings (SSSR count). The van der Waals surface area contributed by atoms with Gasteiger partial charge < -0.3 is 5.11 Å². The number of benzene rings is 1. The number of hydrogen-bond donors (Lipinski definition) is 2. The van der Waals surface area contributed by atoms with Crippen LogP contribution in [0, 0.1) is 0 Å². The summed E-state index contributed by atoms with van der Waals surface area (Å²) in [5.74, 6) is -0.751. The summed E-state index contributed by atoms with van der Waals surface area (Å²) >= 11 is 6.11. The number of rotatable bonds is 7. The van der Waals surface area contributed by atoms with Crippen LogP contribution < -0.4 is 0 Å². The summed E-state index contributed by atoms with van der Waals surface area (Å²) in [5.41, 5.74) is 3.21. The third kappa shape index (κ3) is 4.63. The van der Waals surface area contributed by atoms with Gasteiger partial charge in [0, 0.05) is 28.7 Å². The average molecular weight is 377 g/mol. The van der Waals surface area contributed by atoms with E-state index >= 15 is 0 Å². The van der Waals surface area contributed by atoms with Crippen molar-refractivity contribution in [3.8, 4) is 11.3 Å². The number of carboxylic acids is 1. The van der Waals surface area contributed by atoms with Gasteiger partial charge in [-0.3, -0.25) is 19.7 Å². The standard InChI is InChI=1S/C19H25ClN4O2/c1-2-24(13-18(25)26)17-6-8-23(9-7-17)12-15-11-21-22-19(15)14-4-3-5-16(20)10-14/h3-5,10-11,17H,2,6-9,12-13H2,1H3,(H,21,22)(H,25,26). The van der Waals surface area contributed by atoms with Crippen molar-refractivity contribution in [2.24, 2.45) is 0 Å². The third-order valence-electron chi connectivity index (χ3n) is 5.04. The molecule has 0 radical (unpaired) electrons. The van der Waals surface area contributed by atoms with Gasteiger partial charge in [0.15, 0.2) is 0 Å². The van der Waals surface area contributed by atoms with Gasteiger partial charge in [-0.25, -0.2) is 0 Å². The first kappa shape index (κ1) is 18.9. The smallest absolute Gasteiger partial charge is 0.317 e. The van der Waals surface area contributed by atoms with E-state index in [1.165, 1.54) is 0 Å². The van der Waals surface area contributed by atoms with Crippen molar-refractivity contribution < 1.29 is 9.90 Å². The quantitative estimate of drug-likeness (QED) is 0.776. The van der Waals surface area contributed by atoms with Crippen LogP contribution in [-0.2, 0) is 11.3 Å². The van der Waals surface area contributed by atoms with Crippen molar-refractivity contribution in [1.29, 1.82) is 0 Å². The van der Waals surface area contributed by atoms with Crippen LogP contribution in [0.1, 0.15) is 25.3 Å². The van der Waals surface area contributed by atoms with E-state index in [0.29, 0.717) is 11.1 Å². The number of likely N-dealkylation sites (N-methyl/N-ethyl adjacent to an activating group) is 1. The van der Waals surface area contributed by atoms with Gasteiger partial charge in [0.2, 0.25) is 0 Å². The molecule has 0 unspecified atom stereocenters. The van der Waals surface area contributed by atoms with Crippen LogP contribution in [0.3, 0.4) is 0 Å². The zero-order valence-corrected chi connectivity index (χ0v) is 15.7. The maximum absolute atomic E-state index is 11.0. The summed E-state index contributed by atoms with van der Waals surface area (Å²) in [6.07, 6.45) is 3.86. The number of halogens is 1. The highest BCUT2D eigenvalue weighted by Crippen LogP contribution is 2.26. The van der Waals surface area contributed by atoms with E-state index < -0.39 is 5.97 Å². The zero-order chi connectivity index (χ0) is 18.5. The molecular formula is C19H25ClN4O2. The van der Waals surface area contributed by atoms with Crippen LogP contribution in [0.5, 0.6) is 0 Å². The summed E-state index contributed by atoms with van der Waals surface area (Å²) in [4.78, 5) is 15.5. The SMILES string of the molecule is CCN(CC(=O)O)C1CCN(Cc2cn[nH]c2-c2cccc(Cl)c2)CC1. The van der Waals surface area contributed by atoms with Gasteiger partial charge >= 0.3 is 5.97 Å². The molecule has 1 fully saturated rings. The lowest BCUT2D eigenvalue weighted by Crippen LogP contribution is -2.46. The Kier molecular flexibility index (Phi) is 6.29. The minimum absolute atomic E-state index is 0.127. The number of carboxylic acid groups (broad SMARTS) is 1. The molecule has 6 nitrogen and oxygen atoms in total. The largest absolute Gasteiger partial charge is 0.480 e. The summed E-state index contributed by atoms with van der Waals surface area (Å²) in [6.45, 7) is 5.68. The predicted octanol–water partition coefficient (Wildman–Crippen LogP) is 3.10. The van der Waals surface area contributed by atoms with Crippen LogP contribution in [-0.4, -0.2) is 63.3 Å². The maximum atomic E-state index is 11.0. The fourth-order valence-electron chi connectivity index (χ4n) is 3.68. The highest BCUT2D eigenvalue weighted by Gasteiger charge is 2.25. The molecule has 0 spiro atoms. The molecule has 7 heteroatoms. The van der Waals surface area contributed by atoms with Crippen molar-refractivity contribution >= 4 is 17.6 Å². The number of H-pyrrole nitrogens is 1. The van der Waals surface area contributed by atoms with Crippen molar-refractivity contribution in [2.45, 2.75) is 32.4 Å². The fraction of sp³-hybridized carbons (Fsp3) is 0.474. The number of aromatic amines is 1. The Morgan fingerprint density at radius 3 is 2.85 bits per heavy atom. The Hall–Kier alpha value is -1.89. The van der Waals surface area contributed by atoms with Crippen molar-refractivity contribution in [2.75, 3.05) is 26.2 Å². The van der Waals surface area contributed by atoms with Gasteiger partial charge in [0.1, 0.15) is 0 Å². The first-order valence-corrected chi connectivity index (χ1v) is 9.41. The van der Waals surface area contributed by atoms with Gasteiger partial charge in [-0.1, -0.05) is 30.7 Å². The molecular weight excluding hydrogens is 352 g/mol. The number of carbonyl (C=O) groups is 1.